The van der Waals surface area contributed by atoms with Crippen molar-refractivity contribution >= 4 is 0 Å². The molecule has 2 saturated carbocycles. The molecule has 3 atom stereocenters. The molecule has 2 aliphatic carbocycles. The van der Waals surface area contributed by atoms with E-state index in [2.05, 4.69) is 43.2 Å². The van der Waals surface area contributed by atoms with Crippen LogP contribution in [0, 0.1) is 16.7 Å². The van der Waals surface area contributed by atoms with Gasteiger partial charge in [0.05, 0.1) is 5.69 Å². The predicted octanol–water partition coefficient (Wildman–Crippen LogP) is 3.39. The summed E-state index contributed by atoms with van der Waals surface area (Å²) in [6.07, 6.45) is 6.02. The van der Waals surface area contributed by atoms with Gasteiger partial charge in [-0.3, -0.25) is 4.98 Å². The number of pyridine rings is 1. The highest BCUT2D eigenvalue weighted by Gasteiger charge is 2.60. The van der Waals surface area contributed by atoms with Gasteiger partial charge in [-0.1, -0.05) is 26.8 Å². The van der Waals surface area contributed by atoms with E-state index >= 15 is 0 Å². The highest BCUT2D eigenvalue weighted by Crippen LogP contribution is 2.65. The van der Waals surface area contributed by atoms with Crippen molar-refractivity contribution in [2.24, 2.45) is 16.7 Å². The third kappa shape index (κ3) is 1.62. The fourth-order valence-electron chi connectivity index (χ4n) is 4.24. The second-order valence-corrected chi connectivity index (χ2v) is 6.87. The van der Waals surface area contributed by atoms with E-state index in [9.17, 15) is 0 Å². The maximum Gasteiger partial charge on any atom is 0.0541 e. The molecule has 0 aliphatic heterocycles. The molecule has 2 heteroatoms. The Labute approximate surface area is 110 Å². The van der Waals surface area contributed by atoms with Crippen molar-refractivity contribution in [1.29, 1.82) is 0 Å². The SMILES string of the molecule is CC1(C)C2CC[C@]1(C)C(NCc1ccccn1)C2. The van der Waals surface area contributed by atoms with E-state index in [-0.39, 0.29) is 0 Å². The predicted molar refractivity (Wildman–Crippen MR) is 74.1 cm³/mol. The van der Waals surface area contributed by atoms with Crippen LogP contribution in [0.1, 0.15) is 45.7 Å². The van der Waals surface area contributed by atoms with Crippen LogP contribution < -0.4 is 5.32 Å². The molecule has 2 fully saturated rings. The van der Waals surface area contributed by atoms with Gasteiger partial charge in [0, 0.05) is 18.8 Å². The first-order valence-corrected chi connectivity index (χ1v) is 7.17. The lowest BCUT2D eigenvalue weighted by Crippen LogP contribution is -2.44. The van der Waals surface area contributed by atoms with Crippen molar-refractivity contribution < 1.29 is 0 Å². The zero-order valence-electron chi connectivity index (χ0n) is 11.7. The Balaban J connectivity index is 1.69. The molecular weight excluding hydrogens is 220 g/mol. The van der Waals surface area contributed by atoms with E-state index in [0.29, 0.717) is 16.9 Å². The first-order chi connectivity index (χ1) is 8.54. The van der Waals surface area contributed by atoms with Gasteiger partial charge in [-0.2, -0.15) is 0 Å². The molecule has 1 aromatic rings. The lowest BCUT2D eigenvalue weighted by Gasteiger charge is -2.39. The average molecular weight is 244 g/mol. The normalized spacial score (nSPS) is 37.1. The molecule has 2 aliphatic rings. The lowest BCUT2D eigenvalue weighted by atomic mass is 9.69. The molecule has 3 rings (SSSR count). The summed E-state index contributed by atoms with van der Waals surface area (Å²) in [4.78, 5) is 4.40. The van der Waals surface area contributed by atoms with Crippen LogP contribution in [0.2, 0.25) is 0 Å². The van der Waals surface area contributed by atoms with Crippen LogP contribution in [0.4, 0.5) is 0 Å². The molecule has 2 bridgehead atoms. The molecule has 98 valence electrons. The van der Waals surface area contributed by atoms with Crippen LogP contribution in [0.25, 0.3) is 0 Å². The summed E-state index contributed by atoms with van der Waals surface area (Å²) in [5.74, 6) is 0.906. The van der Waals surface area contributed by atoms with Crippen molar-refractivity contribution in [3.63, 3.8) is 0 Å². The van der Waals surface area contributed by atoms with E-state index in [1.165, 1.54) is 19.3 Å². The molecular formula is C16H24N2. The number of fused-ring (bicyclic) bond motifs is 2. The Bertz CT molecular complexity index is 426. The number of aromatic nitrogens is 1. The van der Waals surface area contributed by atoms with Gasteiger partial charge in [-0.25, -0.2) is 0 Å². The minimum Gasteiger partial charge on any atom is -0.308 e. The fraction of sp³-hybridized carbons (Fsp3) is 0.688. The van der Waals surface area contributed by atoms with Gasteiger partial charge in [0.25, 0.3) is 0 Å². The van der Waals surface area contributed by atoms with Gasteiger partial charge < -0.3 is 5.32 Å². The Morgan fingerprint density at radius 3 is 2.72 bits per heavy atom. The second-order valence-electron chi connectivity index (χ2n) is 6.87. The summed E-state index contributed by atoms with van der Waals surface area (Å²) in [6, 6.07) is 6.81. The van der Waals surface area contributed by atoms with E-state index in [1.807, 2.05) is 12.3 Å². The molecule has 2 unspecified atom stereocenters. The van der Waals surface area contributed by atoms with Crippen LogP contribution in [-0.2, 0) is 6.54 Å². The number of nitrogens with one attached hydrogen (secondary N) is 1. The third-order valence-electron chi connectivity index (χ3n) is 6.05. The van der Waals surface area contributed by atoms with Crippen LogP contribution in [0.5, 0.6) is 0 Å². The molecule has 0 aromatic carbocycles. The summed E-state index contributed by atoms with van der Waals surface area (Å²) in [6.45, 7) is 8.32. The fourth-order valence-corrected chi connectivity index (χ4v) is 4.24. The number of nitrogens with zero attached hydrogens (tertiary/aromatic N) is 1. The number of rotatable bonds is 3. The van der Waals surface area contributed by atoms with Crippen LogP contribution in [0.3, 0.4) is 0 Å². The van der Waals surface area contributed by atoms with Crippen molar-refractivity contribution in [1.82, 2.24) is 10.3 Å². The van der Waals surface area contributed by atoms with Crippen molar-refractivity contribution in [3.8, 4) is 0 Å². The van der Waals surface area contributed by atoms with Gasteiger partial charge >= 0.3 is 0 Å². The lowest BCUT2D eigenvalue weighted by molar-refractivity contribution is 0.120. The summed E-state index contributed by atoms with van der Waals surface area (Å²) in [5, 5.41) is 3.76. The van der Waals surface area contributed by atoms with E-state index < -0.39 is 0 Å². The standard InChI is InChI=1S/C16H24N2/c1-15(2)12-7-8-16(15,3)14(10-12)18-11-13-6-4-5-9-17-13/h4-6,9,12,14,18H,7-8,10-11H2,1-3H3/t12?,14?,16-/m1/s1. The van der Waals surface area contributed by atoms with Crippen LogP contribution in [0.15, 0.2) is 24.4 Å². The highest BCUT2D eigenvalue weighted by atomic mass is 15.0. The minimum atomic E-state index is 0.465. The average Bonchev–Trinajstić information content (AvgIpc) is 2.70. The van der Waals surface area contributed by atoms with Gasteiger partial charge in [0.2, 0.25) is 0 Å². The number of hydrogen-bond acceptors (Lipinski definition) is 2. The zero-order chi connectivity index (χ0) is 12.8. The Kier molecular flexibility index (Phi) is 2.74. The van der Waals surface area contributed by atoms with Crippen LogP contribution in [-0.4, -0.2) is 11.0 Å². The minimum absolute atomic E-state index is 0.465. The van der Waals surface area contributed by atoms with E-state index in [0.717, 1.165) is 18.2 Å². The first kappa shape index (κ1) is 12.2. The van der Waals surface area contributed by atoms with Crippen molar-refractivity contribution in [3.05, 3.63) is 30.1 Å². The van der Waals surface area contributed by atoms with Gasteiger partial charge in [0.15, 0.2) is 0 Å². The Morgan fingerprint density at radius 2 is 2.17 bits per heavy atom. The molecule has 18 heavy (non-hydrogen) atoms. The summed E-state index contributed by atoms with van der Waals surface area (Å²) >= 11 is 0. The van der Waals surface area contributed by atoms with Crippen molar-refractivity contribution in [2.75, 3.05) is 0 Å². The topological polar surface area (TPSA) is 24.9 Å². The van der Waals surface area contributed by atoms with Crippen molar-refractivity contribution in [2.45, 2.75) is 52.6 Å². The maximum atomic E-state index is 4.40. The number of hydrogen-bond donors (Lipinski definition) is 1. The van der Waals surface area contributed by atoms with Crippen LogP contribution >= 0.6 is 0 Å². The summed E-state index contributed by atoms with van der Waals surface area (Å²) in [5.41, 5.74) is 2.11. The molecule has 2 nitrogen and oxygen atoms in total. The third-order valence-corrected chi connectivity index (χ3v) is 6.05. The quantitative estimate of drug-likeness (QED) is 0.881. The molecule has 0 spiro atoms. The smallest absolute Gasteiger partial charge is 0.0541 e. The summed E-state index contributed by atoms with van der Waals surface area (Å²) in [7, 11) is 0. The van der Waals surface area contributed by atoms with E-state index in [1.54, 1.807) is 0 Å². The van der Waals surface area contributed by atoms with E-state index in [4.69, 9.17) is 0 Å². The molecule has 1 heterocycles. The molecule has 0 amide bonds. The molecule has 0 saturated heterocycles. The monoisotopic (exact) mass is 244 g/mol. The maximum absolute atomic E-state index is 4.40. The Hall–Kier alpha value is -0.890. The van der Waals surface area contributed by atoms with Gasteiger partial charge in [0.1, 0.15) is 0 Å². The molecule has 1 N–H and O–H groups in total. The molecule has 1 aromatic heterocycles. The second kappa shape index (κ2) is 4.06. The molecule has 0 radical (unpaired) electrons. The first-order valence-electron chi connectivity index (χ1n) is 7.17. The Morgan fingerprint density at radius 1 is 1.33 bits per heavy atom. The summed E-state index contributed by atoms with van der Waals surface area (Å²) < 4.78 is 0. The highest BCUT2D eigenvalue weighted by molar-refractivity contribution is 5.13. The van der Waals surface area contributed by atoms with Gasteiger partial charge in [-0.15, -0.1) is 0 Å². The zero-order valence-corrected chi connectivity index (χ0v) is 11.7. The van der Waals surface area contributed by atoms with Gasteiger partial charge in [-0.05, 0) is 48.1 Å². The largest absolute Gasteiger partial charge is 0.308 e.